The monoisotopic (exact) mass is 554 g/mol. The summed E-state index contributed by atoms with van der Waals surface area (Å²) in [7, 11) is 2.15. The molecule has 1 aliphatic rings. The second-order valence-corrected chi connectivity index (χ2v) is 11.7. The molecule has 216 valence electrons. The van der Waals surface area contributed by atoms with E-state index in [4.69, 9.17) is 0 Å². The van der Waals surface area contributed by atoms with E-state index in [1.54, 1.807) is 0 Å². The lowest BCUT2D eigenvalue weighted by Crippen LogP contribution is -2.44. The van der Waals surface area contributed by atoms with E-state index >= 15 is 0 Å². The third-order valence-electron chi connectivity index (χ3n) is 8.16. The Morgan fingerprint density at radius 1 is 1.05 bits per heavy atom. The first-order chi connectivity index (χ1) is 19.7. The zero-order valence-electron chi connectivity index (χ0n) is 25.2. The van der Waals surface area contributed by atoms with E-state index in [-0.39, 0.29) is 24.1 Å². The topological polar surface area (TPSA) is 86.3 Å². The maximum absolute atomic E-state index is 13.9. The lowest BCUT2D eigenvalue weighted by molar-refractivity contribution is 0.0952. The van der Waals surface area contributed by atoms with Gasteiger partial charge in [0.15, 0.2) is 0 Å². The molecule has 1 fully saturated rings. The summed E-state index contributed by atoms with van der Waals surface area (Å²) in [5.74, 6) is -0.188. The van der Waals surface area contributed by atoms with Crippen molar-refractivity contribution in [3.63, 3.8) is 0 Å². The number of pyridine rings is 2. The third kappa shape index (κ3) is 5.93. The fourth-order valence-corrected chi connectivity index (χ4v) is 5.92. The average molecular weight is 555 g/mol. The van der Waals surface area contributed by atoms with Crippen LogP contribution in [-0.4, -0.2) is 58.6 Å². The fraction of sp³-hybridized carbons (Fsp3) is 0.424. The number of aryl methyl sites for hydroxylation is 3. The minimum Gasteiger partial charge on any atom is -0.368 e. The third-order valence-corrected chi connectivity index (χ3v) is 8.16. The van der Waals surface area contributed by atoms with Crippen LogP contribution < -0.4 is 15.8 Å². The predicted octanol–water partition coefficient (Wildman–Crippen LogP) is 5.22. The summed E-state index contributed by atoms with van der Waals surface area (Å²) in [5.41, 5.74) is 8.01. The lowest BCUT2D eigenvalue weighted by atomic mass is 9.98. The molecule has 0 unspecified atom stereocenters. The number of likely N-dealkylation sites (N-methyl/N-ethyl adjacent to an activating group) is 1. The maximum atomic E-state index is 13.9. The highest BCUT2D eigenvalue weighted by atomic mass is 16.1. The number of piperazine rings is 1. The standard InChI is InChI=1S/C33H42N6O2/c1-7-8-24-13-23(5)36-33(41)29(24)19-35-32(40)28-15-25(16-30-31(28)22(4)20-39(30)21(2)3)26-14-27(18-34-17-26)38-11-9-37(6)10-12-38/h13-18,20-21H,7-12,19H2,1-6H3,(H,35,40)(H,36,41). The van der Waals surface area contributed by atoms with Gasteiger partial charge in [-0.25, -0.2) is 0 Å². The molecule has 1 aliphatic heterocycles. The number of aromatic nitrogens is 3. The van der Waals surface area contributed by atoms with Gasteiger partial charge in [0.2, 0.25) is 0 Å². The first-order valence-corrected chi connectivity index (χ1v) is 14.7. The molecule has 0 aliphatic carbocycles. The number of carbonyl (C=O) groups excluding carboxylic acids is 1. The van der Waals surface area contributed by atoms with E-state index in [1.165, 1.54) is 0 Å². The number of carbonyl (C=O) groups is 1. The number of hydrogen-bond donors (Lipinski definition) is 2. The van der Waals surface area contributed by atoms with Crippen molar-refractivity contribution < 1.29 is 4.79 Å². The zero-order valence-corrected chi connectivity index (χ0v) is 25.2. The Balaban J connectivity index is 1.54. The lowest BCUT2D eigenvalue weighted by Gasteiger charge is -2.34. The van der Waals surface area contributed by atoms with Gasteiger partial charge in [0.25, 0.3) is 11.5 Å². The Morgan fingerprint density at radius 3 is 2.51 bits per heavy atom. The molecule has 0 atom stereocenters. The number of aromatic amines is 1. The van der Waals surface area contributed by atoms with Gasteiger partial charge in [-0.2, -0.15) is 0 Å². The van der Waals surface area contributed by atoms with Crippen LogP contribution in [0.2, 0.25) is 0 Å². The summed E-state index contributed by atoms with van der Waals surface area (Å²) < 4.78 is 2.23. The fourth-order valence-electron chi connectivity index (χ4n) is 5.92. The van der Waals surface area contributed by atoms with Crippen LogP contribution in [0.3, 0.4) is 0 Å². The predicted molar refractivity (Wildman–Crippen MR) is 167 cm³/mol. The number of hydrogen-bond acceptors (Lipinski definition) is 5. The normalized spacial score (nSPS) is 14.3. The van der Waals surface area contributed by atoms with Gasteiger partial charge in [-0.3, -0.25) is 14.6 Å². The largest absolute Gasteiger partial charge is 0.368 e. The van der Waals surface area contributed by atoms with Crippen LogP contribution in [0.15, 0.2) is 47.7 Å². The highest BCUT2D eigenvalue weighted by molar-refractivity contribution is 6.09. The number of rotatable bonds is 8. The molecule has 4 aromatic rings. The summed E-state index contributed by atoms with van der Waals surface area (Å²) in [6.07, 6.45) is 7.65. The van der Waals surface area contributed by atoms with E-state index < -0.39 is 0 Å². The van der Waals surface area contributed by atoms with E-state index in [0.717, 1.165) is 83.6 Å². The van der Waals surface area contributed by atoms with Crippen LogP contribution in [0.1, 0.15) is 66.0 Å². The first-order valence-electron chi connectivity index (χ1n) is 14.7. The summed E-state index contributed by atoms with van der Waals surface area (Å²) in [5, 5.41) is 4.02. The Labute approximate surface area is 242 Å². The van der Waals surface area contributed by atoms with Crippen LogP contribution in [0.25, 0.3) is 22.0 Å². The first kappa shape index (κ1) is 28.6. The molecular formula is C33H42N6O2. The maximum Gasteiger partial charge on any atom is 0.253 e. The molecule has 0 radical (unpaired) electrons. The molecule has 8 heteroatoms. The minimum atomic E-state index is -0.188. The average Bonchev–Trinajstić information content (AvgIpc) is 3.29. The van der Waals surface area contributed by atoms with Gasteiger partial charge in [-0.15, -0.1) is 0 Å². The van der Waals surface area contributed by atoms with Crippen molar-refractivity contribution in [1.29, 1.82) is 0 Å². The van der Waals surface area contributed by atoms with E-state index in [1.807, 2.05) is 31.5 Å². The van der Waals surface area contributed by atoms with Gasteiger partial charge in [0.05, 0.1) is 11.9 Å². The number of amides is 1. The summed E-state index contributed by atoms with van der Waals surface area (Å²) >= 11 is 0. The Bertz CT molecular complexity index is 1620. The van der Waals surface area contributed by atoms with Gasteiger partial charge in [0.1, 0.15) is 0 Å². The summed E-state index contributed by atoms with van der Waals surface area (Å²) in [6, 6.07) is 8.58. The van der Waals surface area contributed by atoms with Crippen molar-refractivity contribution in [3.8, 4) is 11.1 Å². The van der Waals surface area contributed by atoms with Crippen LogP contribution >= 0.6 is 0 Å². The van der Waals surface area contributed by atoms with Crippen molar-refractivity contribution in [2.75, 3.05) is 38.1 Å². The number of anilines is 1. The molecule has 1 saturated heterocycles. The minimum absolute atomic E-state index is 0.137. The SMILES string of the molecule is CCCc1cc(C)[nH]c(=O)c1CNC(=O)c1cc(-c2cncc(N3CCN(C)CC3)c2)cc2c1c(C)cn2C(C)C. The van der Waals surface area contributed by atoms with Crippen molar-refractivity contribution in [2.24, 2.45) is 0 Å². The molecule has 2 N–H and O–H groups in total. The zero-order chi connectivity index (χ0) is 29.3. The Kier molecular flexibility index (Phi) is 8.31. The molecule has 4 heterocycles. The van der Waals surface area contributed by atoms with Gasteiger partial charge in [-0.05, 0) is 82.1 Å². The van der Waals surface area contributed by atoms with E-state index in [0.29, 0.717) is 11.1 Å². The molecule has 5 rings (SSSR count). The molecule has 0 spiro atoms. The number of H-pyrrole nitrogens is 1. The van der Waals surface area contributed by atoms with Gasteiger partial charge in [-0.1, -0.05) is 13.3 Å². The van der Waals surface area contributed by atoms with Crippen LogP contribution in [0.5, 0.6) is 0 Å². The summed E-state index contributed by atoms with van der Waals surface area (Å²) in [4.78, 5) is 38.9. The molecule has 1 amide bonds. The smallest absolute Gasteiger partial charge is 0.253 e. The molecule has 41 heavy (non-hydrogen) atoms. The number of nitrogens with one attached hydrogen (secondary N) is 2. The number of nitrogens with zero attached hydrogens (tertiary/aromatic N) is 4. The molecular weight excluding hydrogens is 512 g/mol. The van der Waals surface area contributed by atoms with Crippen molar-refractivity contribution in [3.05, 3.63) is 81.2 Å². The Morgan fingerprint density at radius 2 is 1.80 bits per heavy atom. The quantitative estimate of drug-likeness (QED) is 0.312. The van der Waals surface area contributed by atoms with Crippen LogP contribution in [-0.2, 0) is 13.0 Å². The van der Waals surface area contributed by atoms with Gasteiger partial charge < -0.3 is 24.7 Å². The molecule has 3 aromatic heterocycles. The summed E-state index contributed by atoms with van der Waals surface area (Å²) in [6.45, 7) is 14.5. The van der Waals surface area contributed by atoms with Gasteiger partial charge in [0, 0.05) is 84.4 Å². The number of benzene rings is 1. The van der Waals surface area contributed by atoms with Crippen molar-refractivity contribution in [1.82, 2.24) is 24.8 Å². The molecule has 0 saturated carbocycles. The van der Waals surface area contributed by atoms with E-state index in [2.05, 4.69) is 82.7 Å². The second-order valence-electron chi connectivity index (χ2n) is 11.7. The molecule has 1 aromatic carbocycles. The van der Waals surface area contributed by atoms with Gasteiger partial charge >= 0.3 is 0 Å². The highest BCUT2D eigenvalue weighted by Crippen LogP contribution is 2.34. The van der Waals surface area contributed by atoms with Crippen molar-refractivity contribution in [2.45, 2.75) is 60.0 Å². The second kappa shape index (κ2) is 11.9. The van der Waals surface area contributed by atoms with Crippen LogP contribution in [0, 0.1) is 13.8 Å². The number of fused-ring (bicyclic) bond motifs is 1. The molecule has 8 nitrogen and oxygen atoms in total. The molecule has 0 bridgehead atoms. The van der Waals surface area contributed by atoms with Crippen molar-refractivity contribution >= 4 is 22.5 Å². The Hall–Kier alpha value is -3.91. The van der Waals surface area contributed by atoms with Crippen LogP contribution in [0.4, 0.5) is 5.69 Å². The van der Waals surface area contributed by atoms with E-state index in [9.17, 15) is 9.59 Å². The highest BCUT2D eigenvalue weighted by Gasteiger charge is 2.21.